The van der Waals surface area contributed by atoms with Gasteiger partial charge < -0.3 is 15.2 Å². The lowest BCUT2D eigenvalue weighted by Crippen LogP contribution is -2.51. The van der Waals surface area contributed by atoms with Gasteiger partial charge in [0.1, 0.15) is 17.1 Å². The van der Waals surface area contributed by atoms with Gasteiger partial charge in [0.05, 0.1) is 11.7 Å². The quantitative estimate of drug-likeness (QED) is 0.795. The second kappa shape index (κ2) is 6.47. The SMILES string of the molecule is CC1=C(C(=O)OC(C)C)C(c2cccc3nonc23)N(C(=O)O)C(=O)N1. The Hall–Kier alpha value is -3.43. The van der Waals surface area contributed by atoms with Crippen LogP contribution >= 0.6 is 0 Å². The van der Waals surface area contributed by atoms with Crippen LogP contribution in [0.3, 0.4) is 0 Å². The molecule has 2 heterocycles. The zero-order chi connectivity index (χ0) is 19.0. The third-order valence-electron chi connectivity index (χ3n) is 3.83. The van der Waals surface area contributed by atoms with E-state index in [1.165, 1.54) is 6.92 Å². The molecule has 10 nitrogen and oxygen atoms in total. The third kappa shape index (κ3) is 2.85. The van der Waals surface area contributed by atoms with Crippen LogP contribution in [-0.2, 0) is 9.53 Å². The van der Waals surface area contributed by atoms with E-state index in [4.69, 9.17) is 9.37 Å². The summed E-state index contributed by atoms with van der Waals surface area (Å²) >= 11 is 0. The first kappa shape index (κ1) is 17.4. The largest absolute Gasteiger partial charge is 0.465 e. The maximum absolute atomic E-state index is 12.6. The van der Waals surface area contributed by atoms with E-state index in [1.54, 1.807) is 32.0 Å². The molecule has 0 spiro atoms. The fraction of sp³-hybridized carbons (Fsp3) is 0.312. The molecule has 1 atom stereocenters. The Morgan fingerprint density at radius 1 is 1.35 bits per heavy atom. The summed E-state index contributed by atoms with van der Waals surface area (Å²) in [5.41, 5.74) is 1.11. The standard InChI is InChI=1S/C16H16N4O6/c1-7(2)25-14(21)11-8(3)17-15(22)20(16(23)24)13(11)9-5-4-6-10-12(9)19-26-18-10/h4-7,13H,1-3H3,(H,17,22)(H,23,24). The molecule has 3 rings (SSSR count). The fourth-order valence-electron chi connectivity index (χ4n) is 2.82. The molecule has 1 unspecified atom stereocenters. The van der Waals surface area contributed by atoms with Gasteiger partial charge in [-0.3, -0.25) is 0 Å². The van der Waals surface area contributed by atoms with Gasteiger partial charge in [0, 0.05) is 11.3 Å². The zero-order valence-electron chi connectivity index (χ0n) is 14.2. The van der Waals surface area contributed by atoms with Crippen molar-refractivity contribution >= 4 is 29.1 Å². The molecule has 10 heteroatoms. The van der Waals surface area contributed by atoms with E-state index in [0.29, 0.717) is 10.4 Å². The lowest BCUT2D eigenvalue weighted by atomic mass is 9.93. The van der Waals surface area contributed by atoms with E-state index in [-0.39, 0.29) is 22.4 Å². The molecule has 0 saturated heterocycles. The number of carbonyl (C=O) groups excluding carboxylic acids is 2. The Morgan fingerprint density at radius 3 is 2.73 bits per heavy atom. The molecule has 1 aliphatic rings. The monoisotopic (exact) mass is 360 g/mol. The van der Waals surface area contributed by atoms with E-state index in [0.717, 1.165) is 0 Å². The summed E-state index contributed by atoms with van der Waals surface area (Å²) in [5, 5.41) is 19.4. The number of fused-ring (bicyclic) bond motifs is 1. The average Bonchev–Trinajstić information content (AvgIpc) is 3.01. The Labute approximate surface area is 147 Å². The Bertz CT molecular complexity index is 932. The Kier molecular flexibility index (Phi) is 4.33. The number of urea groups is 1. The second-order valence-corrected chi connectivity index (χ2v) is 5.96. The molecule has 0 bridgehead atoms. The number of imide groups is 1. The third-order valence-corrected chi connectivity index (χ3v) is 3.83. The van der Waals surface area contributed by atoms with Gasteiger partial charge in [-0.2, -0.15) is 0 Å². The highest BCUT2D eigenvalue weighted by molar-refractivity contribution is 6.01. The molecule has 0 radical (unpaired) electrons. The zero-order valence-corrected chi connectivity index (χ0v) is 14.2. The summed E-state index contributed by atoms with van der Waals surface area (Å²) in [4.78, 5) is 37.2. The van der Waals surface area contributed by atoms with Crippen molar-refractivity contribution in [2.24, 2.45) is 0 Å². The van der Waals surface area contributed by atoms with Gasteiger partial charge in [0.25, 0.3) is 0 Å². The number of benzene rings is 1. The number of allylic oxidation sites excluding steroid dienone is 1. The highest BCUT2D eigenvalue weighted by Crippen LogP contribution is 2.37. The van der Waals surface area contributed by atoms with Crippen LogP contribution in [0.25, 0.3) is 11.0 Å². The van der Waals surface area contributed by atoms with Crippen molar-refractivity contribution in [2.75, 3.05) is 0 Å². The van der Waals surface area contributed by atoms with Crippen LogP contribution in [0, 0.1) is 0 Å². The minimum Gasteiger partial charge on any atom is -0.465 e. The van der Waals surface area contributed by atoms with Crippen LogP contribution in [-0.4, -0.2) is 44.5 Å². The highest BCUT2D eigenvalue weighted by atomic mass is 16.6. The van der Waals surface area contributed by atoms with Crippen LogP contribution in [0.5, 0.6) is 0 Å². The maximum Gasteiger partial charge on any atom is 0.416 e. The number of rotatable bonds is 3. The molecule has 0 fully saturated rings. The van der Waals surface area contributed by atoms with Gasteiger partial charge in [-0.05, 0) is 37.2 Å². The van der Waals surface area contributed by atoms with Crippen molar-refractivity contribution in [3.8, 4) is 0 Å². The van der Waals surface area contributed by atoms with E-state index in [2.05, 4.69) is 15.6 Å². The molecule has 26 heavy (non-hydrogen) atoms. The van der Waals surface area contributed by atoms with Crippen molar-refractivity contribution in [3.63, 3.8) is 0 Å². The predicted octanol–water partition coefficient (Wildman–Crippen LogP) is 2.19. The first-order valence-corrected chi connectivity index (χ1v) is 7.77. The van der Waals surface area contributed by atoms with E-state index in [9.17, 15) is 19.5 Å². The molecular weight excluding hydrogens is 344 g/mol. The van der Waals surface area contributed by atoms with Crippen molar-refractivity contribution in [3.05, 3.63) is 35.0 Å². The fourth-order valence-corrected chi connectivity index (χ4v) is 2.82. The first-order chi connectivity index (χ1) is 12.3. The summed E-state index contributed by atoms with van der Waals surface area (Å²) in [6.07, 6.45) is -1.95. The Morgan fingerprint density at radius 2 is 2.08 bits per heavy atom. The molecular formula is C16H16N4O6. The molecule has 0 saturated carbocycles. The van der Waals surface area contributed by atoms with Crippen molar-refractivity contribution in [1.82, 2.24) is 20.5 Å². The van der Waals surface area contributed by atoms with Gasteiger partial charge in [0.2, 0.25) is 0 Å². The highest BCUT2D eigenvalue weighted by Gasteiger charge is 2.43. The number of carboxylic acid groups (broad SMARTS) is 1. The molecule has 2 N–H and O–H groups in total. The minimum atomic E-state index is -1.52. The number of carbonyl (C=O) groups is 3. The van der Waals surface area contributed by atoms with Crippen LogP contribution in [0.15, 0.2) is 34.1 Å². The van der Waals surface area contributed by atoms with Crippen molar-refractivity contribution in [1.29, 1.82) is 0 Å². The summed E-state index contributed by atoms with van der Waals surface area (Å²) in [7, 11) is 0. The first-order valence-electron chi connectivity index (χ1n) is 7.77. The number of amides is 3. The summed E-state index contributed by atoms with van der Waals surface area (Å²) in [6, 6.07) is 2.65. The van der Waals surface area contributed by atoms with Gasteiger partial charge in [-0.25, -0.2) is 23.9 Å². The molecule has 136 valence electrons. The number of nitrogens with zero attached hydrogens (tertiary/aromatic N) is 3. The molecule has 1 aliphatic heterocycles. The molecule has 1 aromatic carbocycles. The van der Waals surface area contributed by atoms with Gasteiger partial charge in [0.15, 0.2) is 0 Å². The van der Waals surface area contributed by atoms with Crippen molar-refractivity contribution in [2.45, 2.75) is 32.9 Å². The van der Waals surface area contributed by atoms with Gasteiger partial charge in [-0.1, -0.05) is 12.1 Å². The lowest BCUT2D eigenvalue weighted by Gasteiger charge is -2.34. The van der Waals surface area contributed by atoms with E-state index >= 15 is 0 Å². The number of ether oxygens (including phenoxy) is 1. The Balaban J connectivity index is 2.24. The number of aromatic nitrogens is 2. The second-order valence-electron chi connectivity index (χ2n) is 5.96. The molecule has 1 aromatic heterocycles. The summed E-state index contributed by atoms with van der Waals surface area (Å²) < 4.78 is 9.95. The van der Waals surface area contributed by atoms with Crippen LogP contribution < -0.4 is 5.32 Å². The lowest BCUT2D eigenvalue weighted by molar-refractivity contribution is -0.143. The van der Waals surface area contributed by atoms with E-state index < -0.39 is 30.2 Å². The molecule has 3 amide bonds. The van der Waals surface area contributed by atoms with Gasteiger partial charge >= 0.3 is 18.1 Å². The van der Waals surface area contributed by atoms with Crippen LogP contribution in [0.2, 0.25) is 0 Å². The van der Waals surface area contributed by atoms with Crippen LogP contribution in [0.1, 0.15) is 32.4 Å². The minimum absolute atomic E-state index is 0.00352. The van der Waals surface area contributed by atoms with Gasteiger partial charge in [-0.15, -0.1) is 0 Å². The number of hydrogen-bond acceptors (Lipinski definition) is 7. The molecule has 2 aromatic rings. The van der Waals surface area contributed by atoms with E-state index in [1.807, 2.05) is 0 Å². The number of esters is 1. The number of hydrogen-bond donors (Lipinski definition) is 2. The summed E-state index contributed by atoms with van der Waals surface area (Å²) in [5.74, 6) is -0.734. The normalized spacial score (nSPS) is 17.6. The average molecular weight is 360 g/mol. The van der Waals surface area contributed by atoms with Crippen molar-refractivity contribution < 1.29 is 28.9 Å². The smallest absolute Gasteiger partial charge is 0.416 e. The topological polar surface area (TPSA) is 135 Å². The predicted molar refractivity (Wildman–Crippen MR) is 86.9 cm³/mol. The number of nitrogens with one attached hydrogen (secondary N) is 1. The molecule has 0 aliphatic carbocycles. The maximum atomic E-state index is 12.6. The van der Waals surface area contributed by atoms with Crippen LogP contribution in [0.4, 0.5) is 9.59 Å². The summed E-state index contributed by atoms with van der Waals surface area (Å²) in [6.45, 7) is 4.84.